The van der Waals surface area contributed by atoms with Gasteiger partial charge in [0.25, 0.3) is 0 Å². The molecule has 2 rings (SSSR count). The van der Waals surface area contributed by atoms with Crippen LogP contribution >= 0.6 is 0 Å². The SMILES string of the molecule is CCOc1ccc(/C=N/NC(=O)C(=O)Nc2ccccc2OCC)cc1. The summed E-state index contributed by atoms with van der Waals surface area (Å²) < 4.78 is 10.7. The van der Waals surface area contributed by atoms with E-state index in [4.69, 9.17) is 9.47 Å². The Morgan fingerprint density at radius 1 is 0.962 bits per heavy atom. The molecule has 0 radical (unpaired) electrons. The second kappa shape index (κ2) is 9.83. The second-order valence-corrected chi connectivity index (χ2v) is 5.08. The maximum atomic E-state index is 12.0. The molecule has 2 aromatic carbocycles. The van der Waals surface area contributed by atoms with Crippen molar-refractivity contribution in [2.45, 2.75) is 13.8 Å². The van der Waals surface area contributed by atoms with Crippen LogP contribution in [0.1, 0.15) is 19.4 Å². The number of carbonyl (C=O) groups is 2. The number of nitrogens with zero attached hydrogens (tertiary/aromatic N) is 1. The fraction of sp³-hybridized carbons (Fsp3) is 0.211. The van der Waals surface area contributed by atoms with Gasteiger partial charge >= 0.3 is 11.8 Å². The van der Waals surface area contributed by atoms with Gasteiger partial charge in [0.15, 0.2) is 0 Å². The lowest BCUT2D eigenvalue weighted by atomic mass is 10.2. The molecular formula is C19H21N3O4. The molecule has 26 heavy (non-hydrogen) atoms. The van der Waals surface area contributed by atoms with Gasteiger partial charge in [0.05, 0.1) is 25.1 Å². The molecule has 136 valence electrons. The largest absolute Gasteiger partial charge is 0.494 e. The van der Waals surface area contributed by atoms with Gasteiger partial charge in [0.1, 0.15) is 11.5 Å². The van der Waals surface area contributed by atoms with Gasteiger partial charge in [-0.3, -0.25) is 9.59 Å². The monoisotopic (exact) mass is 355 g/mol. The molecule has 0 bridgehead atoms. The van der Waals surface area contributed by atoms with E-state index in [-0.39, 0.29) is 0 Å². The average molecular weight is 355 g/mol. The van der Waals surface area contributed by atoms with Crippen LogP contribution in [0.4, 0.5) is 5.69 Å². The number of hydrogen-bond acceptors (Lipinski definition) is 5. The van der Waals surface area contributed by atoms with Crippen LogP contribution in [0.5, 0.6) is 11.5 Å². The molecule has 2 aromatic rings. The van der Waals surface area contributed by atoms with E-state index in [1.807, 2.05) is 13.8 Å². The molecule has 2 amide bonds. The fourth-order valence-corrected chi connectivity index (χ4v) is 2.06. The molecule has 0 aromatic heterocycles. The summed E-state index contributed by atoms with van der Waals surface area (Å²) in [6, 6.07) is 14.1. The highest BCUT2D eigenvalue weighted by Crippen LogP contribution is 2.23. The first-order valence-electron chi connectivity index (χ1n) is 8.23. The van der Waals surface area contributed by atoms with Crippen LogP contribution in [-0.4, -0.2) is 31.2 Å². The Morgan fingerprint density at radius 2 is 1.65 bits per heavy atom. The Labute approximate surface area is 152 Å². The maximum Gasteiger partial charge on any atom is 0.329 e. The Hall–Kier alpha value is -3.35. The Bertz CT molecular complexity index is 773. The van der Waals surface area contributed by atoms with Crippen LogP contribution in [0.15, 0.2) is 53.6 Å². The van der Waals surface area contributed by atoms with E-state index in [1.165, 1.54) is 6.21 Å². The molecule has 0 aliphatic carbocycles. The van der Waals surface area contributed by atoms with Gasteiger partial charge in [-0.05, 0) is 55.8 Å². The zero-order chi connectivity index (χ0) is 18.8. The van der Waals surface area contributed by atoms with Crippen molar-refractivity contribution >= 4 is 23.7 Å². The number of amides is 2. The van der Waals surface area contributed by atoms with Gasteiger partial charge in [0, 0.05) is 0 Å². The van der Waals surface area contributed by atoms with Crippen molar-refractivity contribution in [2.24, 2.45) is 5.10 Å². The molecule has 7 nitrogen and oxygen atoms in total. The average Bonchev–Trinajstić information content (AvgIpc) is 2.65. The van der Waals surface area contributed by atoms with Crippen molar-refractivity contribution in [3.05, 3.63) is 54.1 Å². The van der Waals surface area contributed by atoms with Crippen molar-refractivity contribution < 1.29 is 19.1 Å². The topological polar surface area (TPSA) is 89.0 Å². The first kappa shape index (κ1) is 19.0. The highest BCUT2D eigenvalue weighted by molar-refractivity contribution is 6.39. The number of carbonyl (C=O) groups excluding carboxylic acids is 2. The van der Waals surface area contributed by atoms with Gasteiger partial charge in [-0.2, -0.15) is 5.10 Å². The smallest absolute Gasteiger partial charge is 0.329 e. The highest BCUT2D eigenvalue weighted by atomic mass is 16.5. The molecule has 0 aliphatic rings. The van der Waals surface area contributed by atoms with Crippen LogP contribution in [0.2, 0.25) is 0 Å². The molecule has 0 aliphatic heterocycles. The predicted octanol–water partition coefficient (Wildman–Crippen LogP) is 2.57. The fourth-order valence-electron chi connectivity index (χ4n) is 2.06. The van der Waals surface area contributed by atoms with Crippen molar-refractivity contribution in [1.82, 2.24) is 5.43 Å². The van der Waals surface area contributed by atoms with E-state index in [1.54, 1.807) is 48.5 Å². The van der Waals surface area contributed by atoms with E-state index < -0.39 is 11.8 Å². The van der Waals surface area contributed by atoms with Crippen LogP contribution < -0.4 is 20.2 Å². The summed E-state index contributed by atoms with van der Waals surface area (Å²) in [5.41, 5.74) is 3.37. The molecule has 0 atom stereocenters. The number of para-hydroxylation sites is 2. The first-order chi connectivity index (χ1) is 12.6. The van der Waals surface area contributed by atoms with Crippen molar-refractivity contribution in [1.29, 1.82) is 0 Å². The quantitative estimate of drug-likeness (QED) is 0.454. The van der Waals surface area contributed by atoms with Gasteiger partial charge in [-0.25, -0.2) is 5.43 Å². The Balaban J connectivity index is 1.90. The molecular weight excluding hydrogens is 334 g/mol. The summed E-state index contributed by atoms with van der Waals surface area (Å²) in [4.78, 5) is 23.8. The first-order valence-corrected chi connectivity index (χ1v) is 8.23. The van der Waals surface area contributed by atoms with Gasteiger partial charge in [-0.1, -0.05) is 12.1 Å². The van der Waals surface area contributed by atoms with Crippen LogP contribution in [0, 0.1) is 0 Å². The summed E-state index contributed by atoms with van der Waals surface area (Å²) in [6.45, 7) is 4.78. The normalized spacial score (nSPS) is 10.4. The molecule has 0 unspecified atom stereocenters. The Morgan fingerprint density at radius 3 is 2.35 bits per heavy atom. The number of ether oxygens (including phenoxy) is 2. The summed E-state index contributed by atoms with van der Waals surface area (Å²) >= 11 is 0. The molecule has 0 spiro atoms. The minimum Gasteiger partial charge on any atom is -0.494 e. The van der Waals surface area contributed by atoms with E-state index in [0.717, 1.165) is 11.3 Å². The molecule has 0 saturated carbocycles. The number of anilines is 1. The van der Waals surface area contributed by atoms with Crippen molar-refractivity contribution in [2.75, 3.05) is 18.5 Å². The minimum atomic E-state index is -0.876. The molecule has 2 N–H and O–H groups in total. The standard InChI is InChI=1S/C19H21N3O4/c1-3-25-15-11-9-14(10-12-15)13-20-22-19(24)18(23)21-16-7-5-6-8-17(16)26-4-2/h5-13H,3-4H2,1-2H3,(H,21,23)(H,22,24)/b20-13+. The highest BCUT2D eigenvalue weighted by Gasteiger charge is 2.15. The summed E-state index contributed by atoms with van der Waals surface area (Å²) in [5, 5.41) is 6.28. The number of hydrogen-bond donors (Lipinski definition) is 2. The zero-order valence-electron chi connectivity index (χ0n) is 14.7. The van der Waals surface area contributed by atoms with E-state index in [9.17, 15) is 9.59 Å². The lowest BCUT2D eigenvalue weighted by Crippen LogP contribution is -2.32. The lowest BCUT2D eigenvalue weighted by molar-refractivity contribution is -0.136. The van der Waals surface area contributed by atoms with Gasteiger partial charge in [0.2, 0.25) is 0 Å². The molecule has 7 heteroatoms. The van der Waals surface area contributed by atoms with Crippen molar-refractivity contribution in [3.8, 4) is 11.5 Å². The summed E-state index contributed by atoms with van der Waals surface area (Å²) in [6.07, 6.45) is 1.44. The number of rotatable bonds is 7. The summed E-state index contributed by atoms with van der Waals surface area (Å²) in [7, 11) is 0. The maximum absolute atomic E-state index is 12.0. The summed E-state index contributed by atoms with van der Waals surface area (Å²) in [5.74, 6) is -0.463. The lowest BCUT2D eigenvalue weighted by Gasteiger charge is -2.10. The molecule has 0 fully saturated rings. The number of nitrogens with one attached hydrogen (secondary N) is 2. The third kappa shape index (κ3) is 5.62. The second-order valence-electron chi connectivity index (χ2n) is 5.08. The minimum absolute atomic E-state index is 0.421. The van der Waals surface area contributed by atoms with Crippen LogP contribution in [-0.2, 0) is 9.59 Å². The van der Waals surface area contributed by atoms with E-state index in [0.29, 0.717) is 24.7 Å². The van der Waals surface area contributed by atoms with Gasteiger partial charge < -0.3 is 14.8 Å². The van der Waals surface area contributed by atoms with Crippen LogP contribution in [0.25, 0.3) is 0 Å². The number of hydrazone groups is 1. The van der Waals surface area contributed by atoms with Crippen molar-refractivity contribution in [3.63, 3.8) is 0 Å². The van der Waals surface area contributed by atoms with E-state index in [2.05, 4.69) is 15.8 Å². The zero-order valence-corrected chi connectivity index (χ0v) is 14.7. The van der Waals surface area contributed by atoms with Gasteiger partial charge in [-0.15, -0.1) is 0 Å². The third-order valence-electron chi connectivity index (χ3n) is 3.21. The third-order valence-corrected chi connectivity index (χ3v) is 3.21. The predicted molar refractivity (Wildman–Crippen MR) is 99.6 cm³/mol. The Kier molecular flexibility index (Phi) is 7.17. The molecule has 0 saturated heterocycles. The molecule has 0 heterocycles. The van der Waals surface area contributed by atoms with E-state index >= 15 is 0 Å². The number of benzene rings is 2. The van der Waals surface area contributed by atoms with Crippen LogP contribution in [0.3, 0.4) is 0 Å².